The molecule has 1 aliphatic rings. The van der Waals surface area contributed by atoms with Crippen LogP contribution in [0, 0.1) is 11.8 Å². The maximum absolute atomic E-state index is 12.8. The lowest BCUT2D eigenvalue weighted by molar-refractivity contribution is -0.870. The van der Waals surface area contributed by atoms with Crippen molar-refractivity contribution in [2.45, 2.75) is 193 Å². The van der Waals surface area contributed by atoms with Crippen molar-refractivity contribution in [1.29, 1.82) is 0 Å². The topological polar surface area (TPSA) is 169 Å². The Kier molecular flexibility index (Phi) is 32.8. The van der Waals surface area contributed by atoms with Gasteiger partial charge in [-0.3, -0.25) is 18.9 Å². The number of allylic oxidation sites excluding steroid dienone is 4. The molecule has 0 aromatic carbocycles. The molecule has 1 aliphatic carbocycles. The predicted octanol–water partition coefficient (Wildman–Crippen LogP) is 9.65. The summed E-state index contributed by atoms with van der Waals surface area (Å²) in [6, 6.07) is 0. The Morgan fingerprint density at radius 3 is 2.00 bits per heavy atom. The van der Waals surface area contributed by atoms with Crippen molar-refractivity contribution in [3.63, 3.8) is 0 Å². The number of carbonyl (C=O) groups excluding carboxylic acids is 3. The number of likely N-dealkylation sites (N-methyl/N-ethyl adjacent to an activating group) is 1. The molecule has 354 valence electrons. The highest BCUT2D eigenvalue weighted by atomic mass is 31.2. The van der Waals surface area contributed by atoms with Crippen LogP contribution in [-0.2, 0) is 37.5 Å². The Labute approximate surface area is 370 Å². The number of aliphatic hydroxyl groups excluding tert-OH is 2. The SMILES string of the molecule is CCCCC/C=C\C/C=C\CCCCCCCCCC(=O)OC[C@H](COP(=O)([O-])OCC[N+](C)(C)C)OC(=O)CCCCCC[C@H]1C(=O)C[C@@H](O)[C@@H]1/C=C/[C@@H](O)CCCCC. The summed E-state index contributed by atoms with van der Waals surface area (Å²) < 4.78 is 33.9. The van der Waals surface area contributed by atoms with Gasteiger partial charge in [0.15, 0.2) is 6.10 Å². The highest BCUT2D eigenvalue weighted by Crippen LogP contribution is 2.38. The fourth-order valence-corrected chi connectivity index (χ4v) is 7.96. The number of carbonyl (C=O) groups is 3. The second-order valence-corrected chi connectivity index (χ2v) is 19.3. The largest absolute Gasteiger partial charge is 0.756 e. The Morgan fingerprint density at radius 2 is 1.36 bits per heavy atom. The third-order valence-corrected chi connectivity index (χ3v) is 12.0. The van der Waals surface area contributed by atoms with Gasteiger partial charge in [0.2, 0.25) is 0 Å². The van der Waals surface area contributed by atoms with Crippen LogP contribution in [0.4, 0.5) is 0 Å². The zero-order chi connectivity index (χ0) is 45.2. The van der Waals surface area contributed by atoms with E-state index >= 15 is 0 Å². The van der Waals surface area contributed by atoms with E-state index in [1.54, 1.807) is 6.08 Å². The third-order valence-electron chi connectivity index (χ3n) is 11.0. The van der Waals surface area contributed by atoms with Gasteiger partial charge in [0, 0.05) is 31.1 Å². The Balaban J connectivity index is 2.45. The number of nitrogens with zero attached hydrogens (tertiary/aromatic N) is 1. The second-order valence-electron chi connectivity index (χ2n) is 17.9. The van der Waals surface area contributed by atoms with Crippen LogP contribution in [0.3, 0.4) is 0 Å². The lowest BCUT2D eigenvalue weighted by Crippen LogP contribution is -2.37. The van der Waals surface area contributed by atoms with E-state index in [4.69, 9.17) is 18.5 Å². The van der Waals surface area contributed by atoms with E-state index in [1.165, 1.54) is 44.9 Å². The minimum Gasteiger partial charge on any atom is -0.756 e. The molecule has 1 fully saturated rings. The summed E-state index contributed by atoms with van der Waals surface area (Å²) in [5.41, 5.74) is 0. The van der Waals surface area contributed by atoms with Crippen molar-refractivity contribution in [2.24, 2.45) is 11.8 Å². The number of unbranched alkanes of at least 4 members (excludes halogenated alkanes) is 15. The van der Waals surface area contributed by atoms with Gasteiger partial charge in [-0.1, -0.05) is 134 Å². The van der Waals surface area contributed by atoms with E-state index in [-0.39, 0.29) is 50.1 Å². The molecule has 1 unspecified atom stereocenters. The molecular formula is C48H86NO11P. The zero-order valence-corrected chi connectivity index (χ0v) is 39.7. The number of phosphoric acid groups is 1. The van der Waals surface area contributed by atoms with E-state index < -0.39 is 44.7 Å². The molecule has 1 saturated carbocycles. The first-order chi connectivity index (χ1) is 29.2. The van der Waals surface area contributed by atoms with Crippen LogP contribution in [0.2, 0.25) is 0 Å². The number of phosphoric ester groups is 1. The summed E-state index contributed by atoms with van der Waals surface area (Å²) in [5.74, 6) is -1.56. The average Bonchev–Trinajstić information content (AvgIpc) is 3.47. The lowest BCUT2D eigenvalue weighted by atomic mass is 9.88. The van der Waals surface area contributed by atoms with Gasteiger partial charge in [0.25, 0.3) is 7.82 Å². The van der Waals surface area contributed by atoms with Crippen molar-refractivity contribution >= 4 is 25.5 Å². The maximum atomic E-state index is 12.8. The molecule has 0 heterocycles. The molecule has 12 nitrogen and oxygen atoms in total. The Bertz CT molecular complexity index is 1300. The summed E-state index contributed by atoms with van der Waals surface area (Å²) in [6.45, 7) is 3.82. The van der Waals surface area contributed by atoms with Crippen LogP contribution in [0.25, 0.3) is 0 Å². The molecule has 0 aromatic rings. The molecule has 1 rings (SSSR count). The minimum absolute atomic E-state index is 0.0403. The molecular weight excluding hydrogens is 797 g/mol. The fraction of sp³-hybridized carbons (Fsp3) is 0.812. The van der Waals surface area contributed by atoms with Gasteiger partial charge < -0.3 is 38.1 Å². The first kappa shape index (κ1) is 56.8. The van der Waals surface area contributed by atoms with Gasteiger partial charge in [-0.25, -0.2) is 0 Å². The highest BCUT2D eigenvalue weighted by molar-refractivity contribution is 7.45. The quantitative estimate of drug-likeness (QED) is 0.0198. The first-order valence-corrected chi connectivity index (χ1v) is 25.3. The second kappa shape index (κ2) is 35.2. The van der Waals surface area contributed by atoms with E-state index in [0.29, 0.717) is 43.1 Å². The molecule has 0 spiro atoms. The van der Waals surface area contributed by atoms with Crippen molar-refractivity contribution in [1.82, 2.24) is 0 Å². The summed E-state index contributed by atoms with van der Waals surface area (Å²) in [5, 5.41) is 20.8. The number of Topliss-reactive ketones (excluding diaryl/α,β-unsaturated/α-hetero) is 1. The van der Waals surface area contributed by atoms with Crippen molar-refractivity contribution in [3.05, 3.63) is 36.5 Å². The van der Waals surface area contributed by atoms with Crippen LogP contribution in [0.1, 0.15) is 174 Å². The standard InChI is InChI=1S/C48H86NO11P/c1-6-8-10-11-12-13-14-15-16-17-18-19-20-21-22-23-28-32-47(53)57-39-42(40-59-61(55,56)58-37-36-49(3,4)5)60-48(54)33-29-25-24-27-31-43-44(46(52)38-45(43)51)35-34-41(50)30-26-9-7-2/h12-13,15-16,34-35,41-44,46,50,52H,6-11,14,17-33,36-40H2,1-5H3/b13-12-,16-15-,35-34+/t41-,42+,43+,44+,46+/m0/s1. The first-order valence-electron chi connectivity index (χ1n) is 23.8. The monoisotopic (exact) mass is 884 g/mol. The fourth-order valence-electron chi connectivity index (χ4n) is 7.23. The van der Waals surface area contributed by atoms with Crippen LogP contribution < -0.4 is 4.89 Å². The smallest absolute Gasteiger partial charge is 0.306 e. The van der Waals surface area contributed by atoms with Gasteiger partial charge >= 0.3 is 11.9 Å². The van der Waals surface area contributed by atoms with Crippen LogP contribution in [0.15, 0.2) is 36.5 Å². The number of quaternary nitrogens is 1. The number of ketones is 1. The van der Waals surface area contributed by atoms with Gasteiger partial charge in [-0.05, 0) is 57.8 Å². The van der Waals surface area contributed by atoms with E-state index in [0.717, 1.165) is 64.2 Å². The number of hydrogen-bond acceptors (Lipinski definition) is 11. The van der Waals surface area contributed by atoms with Gasteiger partial charge in [0.1, 0.15) is 25.5 Å². The Hall–Kier alpha value is -2.18. The lowest BCUT2D eigenvalue weighted by Gasteiger charge is -2.28. The predicted molar refractivity (Wildman–Crippen MR) is 241 cm³/mol. The summed E-state index contributed by atoms with van der Waals surface area (Å²) in [6.07, 6.45) is 32.1. The molecule has 13 heteroatoms. The summed E-state index contributed by atoms with van der Waals surface area (Å²) in [4.78, 5) is 50.5. The maximum Gasteiger partial charge on any atom is 0.306 e. The van der Waals surface area contributed by atoms with Gasteiger partial charge in [-0.2, -0.15) is 0 Å². The van der Waals surface area contributed by atoms with Crippen LogP contribution in [-0.4, -0.2) is 98.2 Å². The third kappa shape index (κ3) is 32.2. The number of esters is 2. The number of hydrogen-bond donors (Lipinski definition) is 2. The molecule has 2 N–H and O–H groups in total. The zero-order valence-electron chi connectivity index (χ0n) is 38.8. The van der Waals surface area contributed by atoms with Gasteiger partial charge in [-0.15, -0.1) is 0 Å². The van der Waals surface area contributed by atoms with Crippen molar-refractivity contribution < 1.29 is 57.1 Å². The van der Waals surface area contributed by atoms with Crippen molar-refractivity contribution in [2.75, 3.05) is 47.5 Å². The number of ether oxygens (including phenoxy) is 2. The summed E-state index contributed by atoms with van der Waals surface area (Å²) in [7, 11) is 1.01. The molecule has 0 saturated heterocycles. The molecule has 0 aliphatic heterocycles. The van der Waals surface area contributed by atoms with E-state index in [1.807, 2.05) is 27.2 Å². The molecule has 6 atom stereocenters. The molecule has 0 aromatic heterocycles. The highest BCUT2D eigenvalue weighted by Gasteiger charge is 2.39. The Morgan fingerprint density at radius 1 is 0.787 bits per heavy atom. The van der Waals surface area contributed by atoms with Crippen LogP contribution in [0.5, 0.6) is 0 Å². The average molecular weight is 884 g/mol. The van der Waals surface area contributed by atoms with E-state index in [9.17, 15) is 34.1 Å². The molecule has 0 radical (unpaired) electrons. The van der Waals surface area contributed by atoms with Gasteiger partial charge in [0.05, 0.1) is 40.0 Å². The van der Waals surface area contributed by atoms with E-state index in [2.05, 4.69) is 38.2 Å². The minimum atomic E-state index is -4.70. The number of rotatable bonds is 39. The van der Waals surface area contributed by atoms with Crippen molar-refractivity contribution in [3.8, 4) is 0 Å². The normalized spacial score (nSPS) is 19.3. The molecule has 0 amide bonds. The number of aliphatic hydroxyl groups is 2. The molecule has 61 heavy (non-hydrogen) atoms. The summed E-state index contributed by atoms with van der Waals surface area (Å²) >= 11 is 0. The molecule has 0 bridgehead atoms. The van der Waals surface area contributed by atoms with Crippen LogP contribution >= 0.6 is 7.82 Å².